The summed E-state index contributed by atoms with van der Waals surface area (Å²) in [5, 5.41) is 0. The van der Waals surface area contributed by atoms with Crippen LogP contribution in [0.2, 0.25) is 0 Å². The molecule has 1 atom stereocenters. The lowest BCUT2D eigenvalue weighted by atomic mass is 9.75. The van der Waals surface area contributed by atoms with Crippen LogP contribution in [0, 0.1) is 5.41 Å². The molecule has 0 aromatic heterocycles. The smallest absolute Gasteiger partial charge is 0.133 e. The van der Waals surface area contributed by atoms with E-state index in [1.807, 2.05) is 0 Å². The van der Waals surface area contributed by atoms with Gasteiger partial charge in [-0.05, 0) is 18.4 Å². The third-order valence-electron chi connectivity index (χ3n) is 4.10. The van der Waals surface area contributed by atoms with Crippen LogP contribution in [0.4, 0.5) is 5.69 Å². The number of aliphatic imine (C=N–C) groups is 1. The highest BCUT2D eigenvalue weighted by Gasteiger charge is 2.47. The number of nitrogens with zero attached hydrogens (tertiary/aromatic N) is 1. The Labute approximate surface area is 116 Å². The maximum absolute atomic E-state index is 5.98. The third-order valence-corrected chi connectivity index (χ3v) is 4.10. The molecule has 2 rings (SSSR count). The van der Waals surface area contributed by atoms with Gasteiger partial charge in [-0.3, -0.25) is 4.99 Å². The molecule has 2 heteroatoms. The number of methoxy groups -OCH3 is 1. The average Bonchev–Trinajstić information content (AvgIpc) is 2.73. The summed E-state index contributed by atoms with van der Waals surface area (Å²) in [5.41, 5.74) is 4.50. The molecule has 1 aromatic carbocycles. The molecule has 0 saturated heterocycles. The van der Waals surface area contributed by atoms with Crippen LogP contribution >= 0.6 is 0 Å². The molecule has 1 aliphatic heterocycles. The van der Waals surface area contributed by atoms with Gasteiger partial charge in [0.05, 0.1) is 11.4 Å². The van der Waals surface area contributed by atoms with Crippen LogP contribution in [-0.4, -0.2) is 12.8 Å². The lowest BCUT2D eigenvalue weighted by Gasteiger charge is -2.35. The highest BCUT2D eigenvalue weighted by molar-refractivity contribution is 6.04. The van der Waals surface area contributed by atoms with Gasteiger partial charge < -0.3 is 4.74 Å². The van der Waals surface area contributed by atoms with E-state index >= 15 is 0 Å². The van der Waals surface area contributed by atoms with Crippen molar-refractivity contribution in [2.75, 3.05) is 7.11 Å². The number of hydrogen-bond donors (Lipinski definition) is 0. The van der Waals surface area contributed by atoms with E-state index in [-0.39, 0.29) is 11.0 Å². The first-order valence-corrected chi connectivity index (χ1v) is 7.17. The largest absolute Gasteiger partial charge is 0.367 e. The van der Waals surface area contributed by atoms with Crippen molar-refractivity contribution in [1.29, 1.82) is 0 Å². The van der Waals surface area contributed by atoms with Gasteiger partial charge in [-0.2, -0.15) is 0 Å². The summed E-state index contributed by atoms with van der Waals surface area (Å²) in [6.07, 6.45) is 1.92. The Hall–Kier alpha value is -1.15. The Morgan fingerprint density at radius 3 is 2.37 bits per heavy atom. The van der Waals surface area contributed by atoms with Gasteiger partial charge in [0.2, 0.25) is 0 Å². The van der Waals surface area contributed by atoms with Crippen LogP contribution in [-0.2, 0) is 16.8 Å². The van der Waals surface area contributed by atoms with E-state index < -0.39 is 0 Å². The number of aryl methyl sites for hydroxylation is 1. The van der Waals surface area contributed by atoms with Gasteiger partial charge in [0.25, 0.3) is 0 Å². The molecule has 0 bridgehead atoms. The van der Waals surface area contributed by atoms with Crippen LogP contribution in [0.1, 0.15) is 52.2 Å². The van der Waals surface area contributed by atoms with Gasteiger partial charge in [0.1, 0.15) is 5.60 Å². The van der Waals surface area contributed by atoms with E-state index in [1.165, 1.54) is 11.1 Å². The Balaban J connectivity index is 2.71. The fourth-order valence-electron chi connectivity index (χ4n) is 3.15. The number of para-hydroxylation sites is 1. The van der Waals surface area contributed by atoms with Gasteiger partial charge in [-0.1, -0.05) is 52.8 Å². The monoisotopic (exact) mass is 259 g/mol. The summed E-state index contributed by atoms with van der Waals surface area (Å²) in [6, 6.07) is 6.47. The second-order valence-electron chi connectivity index (χ2n) is 6.26. The topological polar surface area (TPSA) is 21.6 Å². The second-order valence-corrected chi connectivity index (χ2v) is 6.26. The standard InChI is InChI=1S/C17H25NO/c1-7-12-10-9-11-13-14(12)18-15(16(3,4)5)17(13,8-2)19-6/h9-11H,7-8H2,1-6H3/t17-/m0/s1. The molecule has 1 aliphatic rings. The van der Waals surface area contributed by atoms with Crippen molar-refractivity contribution in [3.8, 4) is 0 Å². The Kier molecular flexibility index (Phi) is 3.57. The zero-order valence-corrected chi connectivity index (χ0v) is 13.0. The van der Waals surface area contributed by atoms with Gasteiger partial charge in [-0.25, -0.2) is 0 Å². The minimum atomic E-state index is -0.348. The van der Waals surface area contributed by atoms with E-state index in [9.17, 15) is 0 Å². The van der Waals surface area contributed by atoms with Gasteiger partial charge in [-0.15, -0.1) is 0 Å². The van der Waals surface area contributed by atoms with E-state index in [0.717, 1.165) is 24.2 Å². The summed E-state index contributed by atoms with van der Waals surface area (Å²) in [7, 11) is 1.80. The molecule has 0 radical (unpaired) electrons. The highest BCUT2D eigenvalue weighted by Crippen LogP contribution is 2.49. The van der Waals surface area contributed by atoms with Crippen molar-refractivity contribution in [3.05, 3.63) is 29.3 Å². The SMILES string of the molecule is CCc1cccc2c1N=C(C(C)(C)C)[C@@]2(CC)OC. The molecule has 19 heavy (non-hydrogen) atoms. The van der Waals surface area contributed by atoms with Crippen LogP contribution in [0.25, 0.3) is 0 Å². The number of ether oxygens (including phenoxy) is 1. The molecule has 1 aromatic rings. The first-order chi connectivity index (χ1) is 8.90. The molecular weight excluding hydrogens is 234 g/mol. The summed E-state index contributed by atoms with van der Waals surface area (Å²) in [4.78, 5) is 4.98. The predicted octanol–water partition coefficient (Wildman–Crippen LogP) is 4.63. The number of hydrogen-bond acceptors (Lipinski definition) is 2. The molecule has 0 spiro atoms. The zero-order chi connectivity index (χ0) is 14.3. The first-order valence-electron chi connectivity index (χ1n) is 7.17. The molecule has 0 aliphatic carbocycles. The number of benzene rings is 1. The second kappa shape index (κ2) is 4.75. The molecule has 0 saturated carbocycles. The summed E-state index contributed by atoms with van der Waals surface area (Å²) >= 11 is 0. The maximum atomic E-state index is 5.98. The molecule has 0 fully saturated rings. The van der Waals surface area contributed by atoms with Crippen molar-refractivity contribution >= 4 is 11.4 Å². The van der Waals surface area contributed by atoms with Gasteiger partial charge in [0, 0.05) is 18.1 Å². The van der Waals surface area contributed by atoms with Crippen LogP contribution < -0.4 is 0 Å². The van der Waals surface area contributed by atoms with E-state index in [0.29, 0.717) is 0 Å². The van der Waals surface area contributed by atoms with E-state index in [2.05, 4.69) is 52.8 Å². The zero-order valence-electron chi connectivity index (χ0n) is 13.0. The van der Waals surface area contributed by atoms with Crippen molar-refractivity contribution in [1.82, 2.24) is 0 Å². The molecule has 0 N–H and O–H groups in total. The minimum Gasteiger partial charge on any atom is -0.367 e. The molecule has 1 heterocycles. The average molecular weight is 259 g/mol. The summed E-state index contributed by atoms with van der Waals surface area (Å²) < 4.78 is 5.98. The van der Waals surface area contributed by atoms with Gasteiger partial charge >= 0.3 is 0 Å². The number of fused-ring (bicyclic) bond motifs is 1. The summed E-state index contributed by atoms with van der Waals surface area (Å²) in [5.74, 6) is 0. The fraction of sp³-hybridized carbons (Fsp3) is 0.588. The lowest BCUT2D eigenvalue weighted by Crippen LogP contribution is -2.41. The minimum absolute atomic E-state index is 0.00997. The Morgan fingerprint density at radius 1 is 1.21 bits per heavy atom. The molecular formula is C17H25NO. The molecule has 0 amide bonds. The Bertz CT molecular complexity index is 504. The van der Waals surface area contributed by atoms with Crippen LogP contribution in [0.5, 0.6) is 0 Å². The van der Waals surface area contributed by atoms with E-state index in [4.69, 9.17) is 9.73 Å². The molecule has 104 valence electrons. The first kappa shape index (κ1) is 14.3. The van der Waals surface area contributed by atoms with Gasteiger partial charge in [0.15, 0.2) is 0 Å². The summed E-state index contributed by atoms with van der Waals surface area (Å²) in [6.45, 7) is 11.0. The molecule has 0 unspecified atom stereocenters. The fourth-order valence-corrected chi connectivity index (χ4v) is 3.15. The number of rotatable bonds is 3. The van der Waals surface area contributed by atoms with Crippen molar-refractivity contribution in [3.63, 3.8) is 0 Å². The third kappa shape index (κ3) is 2.02. The van der Waals surface area contributed by atoms with Crippen molar-refractivity contribution in [2.45, 2.75) is 53.1 Å². The van der Waals surface area contributed by atoms with Crippen LogP contribution in [0.3, 0.4) is 0 Å². The predicted molar refractivity (Wildman–Crippen MR) is 81.3 cm³/mol. The van der Waals surface area contributed by atoms with Crippen molar-refractivity contribution in [2.24, 2.45) is 10.4 Å². The lowest BCUT2D eigenvalue weighted by molar-refractivity contribution is 0.0405. The Morgan fingerprint density at radius 2 is 1.89 bits per heavy atom. The quantitative estimate of drug-likeness (QED) is 0.775. The van der Waals surface area contributed by atoms with Crippen LogP contribution in [0.15, 0.2) is 23.2 Å². The highest BCUT2D eigenvalue weighted by atomic mass is 16.5. The van der Waals surface area contributed by atoms with E-state index in [1.54, 1.807) is 7.11 Å². The van der Waals surface area contributed by atoms with Crippen molar-refractivity contribution < 1.29 is 4.74 Å². The molecule has 2 nitrogen and oxygen atoms in total. The maximum Gasteiger partial charge on any atom is 0.133 e. The normalized spacial score (nSPS) is 22.3.